The van der Waals surface area contributed by atoms with E-state index in [0.29, 0.717) is 11.7 Å². The number of benzene rings is 1. The number of rotatable bonds is 7. The molecule has 7 heteroatoms. The molecule has 2 heterocycles. The molecule has 0 unspecified atom stereocenters. The number of likely N-dealkylation sites (tertiary alicyclic amines) is 1. The Morgan fingerprint density at radius 1 is 1.24 bits per heavy atom. The number of aromatic nitrogens is 2. The second-order valence-electron chi connectivity index (χ2n) is 6.27. The van der Waals surface area contributed by atoms with Crippen molar-refractivity contribution < 1.29 is 9.26 Å². The van der Waals surface area contributed by atoms with E-state index in [1.165, 1.54) is 12.8 Å². The van der Waals surface area contributed by atoms with E-state index in [9.17, 15) is 0 Å². The maximum atomic E-state index is 5.42. The molecule has 0 amide bonds. The van der Waals surface area contributed by atoms with Crippen molar-refractivity contribution in [2.75, 3.05) is 33.3 Å². The van der Waals surface area contributed by atoms with Crippen molar-refractivity contribution in [3.8, 4) is 17.1 Å². The summed E-state index contributed by atoms with van der Waals surface area (Å²) in [5, 5.41) is 7.54. The van der Waals surface area contributed by atoms with Gasteiger partial charge in [-0.15, -0.1) is 12.4 Å². The number of ether oxygens (including phenoxy) is 1. The van der Waals surface area contributed by atoms with Crippen LogP contribution in [0.5, 0.6) is 5.75 Å². The molecule has 1 aliphatic heterocycles. The lowest BCUT2D eigenvalue weighted by molar-refractivity contribution is 0.158. The van der Waals surface area contributed by atoms with E-state index in [1.807, 2.05) is 24.3 Å². The summed E-state index contributed by atoms with van der Waals surface area (Å²) in [6, 6.07) is 7.69. The van der Waals surface area contributed by atoms with Gasteiger partial charge >= 0.3 is 0 Å². The van der Waals surface area contributed by atoms with Gasteiger partial charge in [0.2, 0.25) is 11.7 Å². The van der Waals surface area contributed by atoms with Crippen molar-refractivity contribution in [2.24, 2.45) is 5.92 Å². The van der Waals surface area contributed by atoms with Crippen molar-refractivity contribution >= 4 is 12.4 Å². The Morgan fingerprint density at radius 3 is 2.60 bits per heavy atom. The maximum Gasteiger partial charge on any atom is 0.241 e. The monoisotopic (exact) mass is 366 g/mol. The number of hydrogen-bond donors (Lipinski definition) is 1. The van der Waals surface area contributed by atoms with Gasteiger partial charge in [0.05, 0.1) is 13.7 Å². The molecule has 1 fully saturated rings. The Morgan fingerprint density at radius 2 is 1.96 bits per heavy atom. The average molecular weight is 367 g/mol. The SMILES string of the molecule is CCNCC1CCN(Cc2nc(-c3ccc(OC)cc3)no2)CC1.Cl. The summed E-state index contributed by atoms with van der Waals surface area (Å²) >= 11 is 0. The standard InChI is InChI=1S/C18H26N4O2.ClH/c1-3-19-12-14-8-10-22(11-9-14)13-17-20-18(21-24-17)15-4-6-16(23-2)7-5-15;/h4-7,14,19H,3,8-13H2,1-2H3;1H. The molecule has 25 heavy (non-hydrogen) atoms. The number of piperidine rings is 1. The molecular formula is C18H27ClN4O2. The number of nitrogens with zero attached hydrogens (tertiary/aromatic N) is 3. The molecule has 0 bridgehead atoms. The second-order valence-corrected chi connectivity index (χ2v) is 6.27. The van der Waals surface area contributed by atoms with E-state index in [0.717, 1.165) is 50.0 Å². The highest BCUT2D eigenvalue weighted by molar-refractivity contribution is 5.85. The minimum absolute atomic E-state index is 0. The van der Waals surface area contributed by atoms with Gasteiger partial charge in [0, 0.05) is 5.56 Å². The van der Waals surface area contributed by atoms with E-state index in [4.69, 9.17) is 9.26 Å². The third-order valence-corrected chi connectivity index (χ3v) is 4.57. The third kappa shape index (κ3) is 5.42. The molecule has 1 aromatic heterocycles. The summed E-state index contributed by atoms with van der Waals surface area (Å²) in [5.41, 5.74) is 0.940. The lowest BCUT2D eigenvalue weighted by Gasteiger charge is -2.30. The zero-order valence-electron chi connectivity index (χ0n) is 14.9. The van der Waals surface area contributed by atoms with Gasteiger partial charge in [0.1, 0.15) is 5.75 Å². The highest BCUT2D eigenvalue weighted by atomic mass is 35.5. The molecule has 0 atom stereocenters. The first-order chi connectivity index (χ1) is 11.8. The van der Waals surface area contributed by atoms with E-state index >= 15 is 0 Å². The van der Waals surface area contributed by atoms with E-state index in [-0.39, 0.29) is 12.4 Å². The Bertz CT molecular complexity index is 624. The summed E-state index contributed by atoms with van der Waals surface area (Å²) in [4.78, 5) is 6.92. The maximum absolute atomic E-state index is 5.42. The highest BCUT2D eigenvalue weighted by Gasteiger charge is 2.20. The predicted molar refractivity (Wildman–Crippen MR) is 100 cm³/mol. The van der Waals surface area contributed by atoms with Crippen LogP contribution in [0.2, 0.25) is 0 Å². The summed E-state index contributed by atoms with van der Waals surface area (Å²) in [6.07, 6.45) is 2.46. The summed E-state index contributed by atoms with van der Waals surface area (Å²) in [7, 11) is 1.66. The zero-order valence-corrected chi connectivity index (χ0v) is 15.7. The van der Waals surface area contributed by atoms with E-state index in [1.54, 1.807) is 7.11 Å². The van der Waals surface area contributed by atoms with Crippen LogP contribution in [0, 0.1) is 5.92 Å². The predicted octanol–water partition coefficient (Wildman–Crippen LogP) is 2.99. The first-order valence-corrected chi connectivity index (χ1v) is 8.68. The van der Waals surface area contributed by atoms with Gasteiger partial charge in [-0.3, -0.25) is 4.90 Å². The molecule has 138 valence electrons. The molecule has 0 aliphatic carbocycles. The van der Waals surface area contributed by atoms with Crippen LogP contribution in [0.25, 0.3) is 11.4 Å². The minimum Gasteiger partial charge on any atom is -0.497 e. The zero-order chi connectivity index (χ0) is 16.8. The molecule has 6 nitrogen and oxygen atoms in total. The summed E-state index contributed by atoms with van der Waals surface area (Å²) in [5.74, 6) is 2.93. The number of halogens is 1. The molecule has 0 spiro atoms. The molecule has 1 aromatic carbocycles. The summed E-state index contributed by atoms with van der Waals surface area (Å²) < 4.78 is 10.6. The molecule has 1 N–H and O–H groups in total. The Hall–Kier alpha value is -1.63. The summed E-state index contributed by atoms with van der Waals surface area (Å²) in [6.45, 7) is 7.26. The van der Waals surface area contributed by atoms with Crippen LogP contribution in [-0.4, -0.2) is 48.3 Å². The van der Waals surface area contributed by atoms with Gasteiger partial charge in [-0.05, 0) is 69.2 Å². The van der Waals surface area contributed by atoms with Crippen LogP contribution in [0.3, 0.4) is 0 Å². The fraction of sp³-hybridized carbons (Fsp3) is 0.556. The number of methoxy groups -OCH3 is 1. The Labute approximate surface area is 155 Å². The fourth-order valence-electron chi connectivity index (χ4n) is 3.06. The Balaban J connectivity index is 0.00000225. The largest absolute Gasteiger partial charge is 0.497 e. The molecular weight excluding hydrogens is 340 g/mol. The van der Waals surface area contributed by atoms with Crippen molar-refractivity contribution in [3.05, 3.63) is 30.2 Å². The number of hydrogen-bond acceptors (Lipinski definition) is 6. The molecule has 3 rings (SSSR count). The lowest BCUT2D eigenvalue weighted by Crippen LogP contribution is -2.36. The van der Waals surface area contributed by atoms with Crippen molar-refractivity contribution in [3.63, 3.8) is 0 Å². The fourth-order valence-corrected chi connectivity index (χ4v) is 3.06. The van der Waals surface area contributed by atoms with E-state index < -0.39 is 0 Å². The van der Waals surface area contributed by atoms with Gasteiger partial charge in [-0.2, -0.15) is 4.98 Å². The van der Waals surface area contributed by atoms with Crippen LogP contribution in [0.1, 0.15) is 25.7 Å². The third-order valence-electron chi connectivity index (χ3n) is 4.57. The first kappa shape index (κ1) is 19.7. The van der Waals surface area contributed by atoms with Crippen LogP contribution >= 0.6 is 12.4 Å². The smallest absolute Gasteiger partial charge is 0.241 e. The normalized spacial score (nSPS) is 15.8. The van der Waals surface area contributed by atoms with Gasteiger partial charge in [0.15, 0.2) is 0 Å². The lowest BCUT2D eigenvalue weighted by atomic mass is 9.97. The second kappa shape index (κ2) is 9.75. The highest BCUT2D eigenvalue weighted by Crippen LogP contribution is 2.21. The molecule has 1 aliphatic rings. The molecule has 2 aromatic rings. The van der Waals surface area contributed by atoms with Crippen LogP contribution in [0.4, 0.5) is 0 Å². The van der Waals surface area contributed by atoms with Gasteiger partial charge in [-0.25, -0.2) is 0 Å². The van der Waals surface area contributed by atoms with Gasteiger partial charge in [0.25, 0.3) is 0 Å². The topological polar surface area (TPSA) is 63.4 Å². The first-order valence-electron chi connectivity index (χ1n) is 8.68. The quantitative estimate of drug-likeness (QED) is 0.812. The molecule has 0 radical (unpaired) electrons. The van der Waals surface area contributed by atoms with Crippen molar-refractivity contribution in [2.45, 2.75) is 26.3 Å². The molecule has 0 saturated carbocycles. The van der Waals surface area contributed by atoms with Crippen LogP contribution in [0.15, 0.2) is 28.8 Å². The molecule has 1 saturated heterocycles. The average Bonchev–Trinajstić information content (AvgIpc) is 3.10. The number of nitrogens with one attached hydrogen (secondary N) is 1. The minimum atomic E-state index is 0. The van der Waals surface area contributed by atoms with Crippen molar-refractivity contribution in [1.29, 1.82) is 0 Å². The van der Waals surface area contributed by atoms with Gasteiger partial charge < -0.3 is 14.6 Å². The van der Waals surface area contributed by atoms with Crippen LogP contribution < -0.4 is 10.1 Å². The Kier molecular flexibility index (Phi) is 7.68. The van der Waals surface area contributed by atoms with Gasteiger partial charge in [-0.1, -0.05) is 12.1 Å². The van der Waals surface area contributed by atoms with E-state index in [2.05, 4.69) is 27.3 Å². The van der Waals surface area contributed by atoms with Crippen LogP contribution in [-0.2, 0) is 6.54 Å². The van der Waals surface area contributed by atoms with Crippen molar-refractivity contribution in [1.82, 2.24) is 20.4 Å².